The fourth-order valence-corrected chi connectivity index (χ4v) is 8.36. The Labute approximate surface area is 392 Å². The van der Waals surface area contributed by atoms with Crippen molar-refractivity contribution in [2.45, 2.75) is 302 Å². The summed E-state index contributed by atoms with van der Waals surface area (Å²) in [6.07, 6.45) is 64.4. The summed E-state index contributed by atoms with van der Waals surface area (Å²) in [6.45, 7) is 4.85. The highest BCUT2D eigenvalue weighted by Crippen LogP contribution is 2.16. The van der Waals surface area contributed by atoms with E-state index in [1.807, 2.05) is 6.08 Å². The number of hydrogen-bond donors (Lipinski definition) is 3. The van der Waals surface area contributed by atoms with Gasteiger partial charge < -0.3 is 20.3 Å². The number of hydrogen-bond acceptors (Lipinski definition) is 5. The number of carbonyl (C=O) groups is 2. The van der Waals surface area contributed by atoms with Crippen molar-refractivity contribution in [1.82, 2.24) is 5.32 Å². The van der Waals surface area contributed by atoms with Gasteiger partial charge in [-0.2, -0.15) is 0 Å². The number of ether oxygens (including phenoxy) is 1. The largest absolute Gasteiger partial charge is 0.466 e. The molecule has 0 aromatic carbocycles. The molecule has 0 aliphatic carbocycles. The van der Waals surface area contributed by atoms with E-state index in [1.54, 1.807) is 6.08 Å². The Bertz CT molecular complexity index is 1020. The van der Waals surface area contributed by atoms with Crippen LogP contribution in [0.4, 0.5) is 0 Å². The van der Waals surface area contributed by atoms with E-state index >= 15 is 0 Å². The van der Waals surface area contributed by atoms with Crippen molar-refractivity contribution in [3.05, 3.63) is 36.5 Å². The Kier molecular flexibility index (Phi) is 51.1. The Balaban J connectivity index is 3.44. The highest BCUT2D eigenvalue weighted by atomic mass is 16.5. The molecule has 0 radical (unpaired) electrons. The first-order valence-electron chi connectivity index (χ1n) is 27.8. The highest BCUT2D eigenvalue weighted by Gasteiger charge is 2.18. The fourth-order valence-electron chi connectivity index (χ4n) is 8.36. The molecule has 0 aliphatic rings. The molecule has 0 rings (SSSR count). The molecular formula is C57H107NO5. The first-order valence-corrected chi connectivity index (χ1v) is 27.8. The van der Waals surface area contributed by atoms with Gasteiger partial charge in [-0.3, -0.25) is 9.59 Å². The monoisotopic (exact) mass is 886 g/mol. The van der Waals surface area contributed by atoms with Gasteiger partial charge in [0.25, 0.3) is 0 Å². The van der Waals surface area contributed by atoms with Crippen LogP contribution in [0.3, 0.4) is 0 Å². The molecule has 2 unspecified atom stereocenters. The van der Waals surface area contributed by atoms with Crippen molar-refractivity contribution < 1.29 is 24.5 Å². The molecule has 0 bridgehead atoms. The second-order valence-corrected chi connectivity index (χ2v) is 18.9. The van der Waals surface area contributed by atoms with Crippen LogP contribution in [0.15, 0.2) is 36.5 Å². The average molecular weight is 886 g/mol. The first kappa shape index (κ1) is 61.1. The number of allylic oxidation sites excluding steroid dienone is 5. The van der Waals surface area contributed by atoms with E-state index in [4.69, 9.17) is 4.74 Å². The lowest BCUT2D eigenvalue weighted by Crippen LogP contribution is -2.45. The van der Waals surface area contributed by atoms with Gasteiger partial charge in [-0.05, 0) is 57.8 Å². The lowest BCUT2D eigenvalue weighted by Gasteiger charge is -2.20. The second-order valence-electron chi connectivity index (χ2n) is 18.9. The molecule has 0 aromatic heterocycles. The quantitative estimate of drug-likeness (QED) is 0.0321. The van der Waals surface area contributed by atoms with Crippen molar-refractivity contribution in [3.63, 3.8) is 0 Å². The van der Waals surface area contributed by atoms with E-state index in [9.17, 15) is 19.8 Å². The molecule has 0 saturated heterocycles. The van der Waals surface area contributed by atoms with Crippen LogP contribution in [0, 0.1) is 0 Å². The Hall–Kier alpha value is -1.92. The molecule has 0 spiro atoms. The van der Waals surface area contributed by atoms with E-state index in [1.165, 1.54) is 212 Å². The van der Waals surface area contributed by atoms with Crippen LogP contribution in [0.1, 0.15) is 290 Å². The van der Waals surface area contributed by atoms with E-state index in [-0.39, 0.29) is 18.5 Å². The zero-order valence-corrected chi connectivity index (χ0v) is 42.1. The number of aliphatic hydroxyl groups excluding tert-OH is 2. The molecule has 0 saturated carbocycles. The molecule has 6 heteroatoms. The minimum atomic E-state index is -0.847. The number of nitrogens with one attached hydrogen (secondary N) is 1. The van der Waals surface area contributed by atoms with E-state index in [2.05, 4.69) is 43.5 Å². The summed E-state index contributed by atoms with van der Waals surface area (Å²) in [4.78, 5) is 24.5. The van der Waals surface area contributed by atoms with Gasteiger partial charge in [0.05, 0.1) is 25.4 Å². The second kappa shape index (κ2) is 52.7. The molecule has 0 aromatic rings. The molecule has 6 nitrogen and oxygen atoms in total. The Morgan fingerprint density at radius 1 is 0.444 bits per heavy atom. The van der Waals surface area contributed by atoms with Gasteiger partial charge in [0, 0.05) is 12.8 Å². The highest BCUT2D eigenvalue weighted by molar-refractivity contribution is 5.76. The number of carbonyl (C=O) groups excluding carboxylic acids is 2. The van der Waals surface area contributed by atoms with E-state index in [0.29, 0.717) is 19.4 Å². The lowest BCUT2D eigenvalue weighted by molar-refractivity contribution is -0.143. The maximum absolute atomic E-state index is 12.4. The molecule has 63 heavy (non-hydrogen) atoms. The van der Waals surface area contributed by atoms with Crippen LogP contribution >= 0.6 is 0 Å². The molecule has 370 valence electrons. The number of aliphatic hydroxyl groups is 2. The van der Waals surface area contributed by atoms with Crippen molar-refractivity contribution in [2.75, 3.05) is 13.2 Å². The van der Waals surface area contributed by atoms with Gasteiger partial charge in [0.15, 0.2) is 0 Å². The first-order chi connectivity index (χ1) is 31.0. The summed E-state index contributed by atoms with van der Waals surface area (Å²) in [5.74, 6) is -0.0809. The molecule has 0 heterocycles. The third-order valence-corrected chi connectivity index (χ3v) is 12.7. The Morgan fingerprint density at radius 3 is 1.25 bits per heavy atom. The lowest BCUT2D eigenvalue weighted by atomic mass is 10.0. The number of rotatable bonds is 51. The summed E-state index contributed by atoms with van der Waals surface area (Å²) in [5, 5.41) is 23.1. The zero-order chi connectivity index (χ0) is 45.8. The molecular weight excluding hydrogens is 779 g/mol. The van der Waals surface area contributed by atoms with Crippen molar-refractivity contribution >= 4 is 11.9 Å². The van der Waals surface area contributed by atoms with Crippen LogP contribution in [-0.2, 0) is 14.3 Å². The maximum Gasteiger partial charge on any atom is 0.305 e. The summed E-state index contributed by atoms with van der Waals surface area (Å²) in [6, 6.07) is -0.631. The van der Waals surface area contributed by atoms with E-state index < -0.39 is 12.1 Å². The predicted octanol–water partition coefficient (Wildman–Crippen LogP) is 16.9. The molecule has 0 aliphatic heterocycles. The van der Waals surface area contributed by atoms with Crippen molar-refractivity contribution in [2.24, 2.45) is 0 Å². The minimum absolute atomic E-state index is 0.00851. The Morgan fingerprint density at radius 2 is 0.810 bits per heavy atom. The smallest absolute Gasteiger partial charge is 0.305 e. The zero-order valence-electron chi connectivity index (χ0n) is 42.1. The third kappa shape index (κ3) is 49.4. The molecule has 1 amide bonds. The summed E-state index contributed by atoms with van der Waals surface area (Å²) < 4.78 is 5.46. The summed E-state index contributed by atoms with van der Waals surface area (Å²) in [7, 11) is 0. The summed E-state index contributed by atoms with van der Waals surface area (Å²) in [5.41, 5.74) is 0. The van der Waals surface area contributed by atoms with Crippen LogP contribution in [-0.4, -0.2) is 47.4 Å². The van der Waals surface area contributed by atoms with Crippen LogP contribution in [0.25, 0.3) is 0 Å². The average Bonchev–Trinajstić information content (AvgIpc) is 3.28. The van der Waals surface area contributed by atoms with Crippen LogP contribution in [0.5, 0.6) is 0 Å². The minimum Gasteiger partial charge on any atom is -0.466 e. The van der Waals surface area contributed by atoms with Crippen LogP contribution < -0.4 is 5.32 Å². The number of amides is 1. The standard InChI is InChI=1S/C57H107NO5/c1-3-5-7-9-11-13-15-17-25-29-33-37-41-45-49-55(60)54(53-59)58-56(61)50-46-42-38-34-30-26-23-21-19-20-22-24-28-32-36-40-44-48-52-63-57(62)51-47-43-39-35-31-27-18-16-14-12-10-8-6-4-2/h10,12,16,18,45,49,54-55,59-60H,3-9,11,13-15,17,19-44,46-48,50-53H2,1-2H3,(H,58,61)/b12-10-,18-16-,49-45+. The number of esters is 1. The SMILES string of the molecule is CCCC/C=C\C/C=C\CCCCCCCC(=O)OCCCCCCCCCCCCCCCCCCCCC(=O)NC(CO)C(O)/C=C/CCCCCCCCCCCCCC. The van der Waals surface area contributed by atoms with Gasteiger partial charge >= 0.3 is 5.97 Å². The topological polar surface area (TPSA) is 95.9 Å². The van der Waals surface area contributed by atoms with Crippen LogP contribution in [0.2, 0.25) is 0 Å². The molecule has 3 N–H and O–H groups in total. The van der Waals surface area contributed by atoms with Gasteiger partial charge in [0.1, 0.15) is 0 Å². The van der Waals surface area contributed by atoms with Gasteiger partial charge in [0.2, 0.25) is 5.91 Å². The normalized spacial score (nSPS) is 12.9. The maximum atomic E-state index is 12.4. The van der Waals surface area contributed by atoms with E-state index in [0.717, 1.165) is 51.4 Å². The summed E-state index contributed by atoms with van der Waals surface area (Å²) >= 11 is 0. The predicted molar refractivity (Wildman–Crippen MR) is 273 cm³/mol. The van der Waals surface area contributed by atoms with Crippen molar-refractivity contribution in [3.8, 4) is 0 Å². The van der Waals surface area contributed by atoms with Gasteiger partial charge in [-0.15, -0.1) is 0 Å². The van der Waals surface area contributed by atoms with Crippen molar-refractivity contribution in [1.29, 1.82) is 0 Å². The number of unbranched alkanes of at least 4 members (excludes halogenated alkanes) is 36. The fraction of sp³-hybridized carbons (Fsp3) is 0.860. The third-order valence-electron chi connectivity index (χ3n) is 12.7. The molecule has 2 atom stereocenters. The van der Waals surface area contributed by atoms with Gasteiger partial charge in [-0.1, -0.05) is 256 Å². The molecule has 0 fully saturated rings. The van der Waals surface area contributed by atoms with Gasteiger partial charge in [-0.25, -0.2) is 0 Å².